The maximum atomic E-state index is 12.3. The van der Waals surface area contributed by atoms with Gasteiger partial charge in [0.15, 0.2) is 0 Å². The van der Waals surface area contributed by atoms with Gasteiger partial charge in [0.1, 0.15) is 18.6 Å². The van der Waals surface area contributed by atoms with Gasteiger partial charge in [0.05, 0.1) is 25.8 Å². The highest BCUT2D eigenvalue weighted by Gasteiger charge is 2.40. The van der Waals surface area contributed by atoms with Crippen LogP contribution in [-0.4, -0.2) is 50.3 Å². The number of carbonyl (C=O) groups is 1. The molecule has 3 atom stereocenters. The van der Waals surface area contributed by atoms with Crippen LogP contribution in [0.25, 0.3) is 0 Å². The van der Waals surface area contributed by atoms with Gasteiger partial charge in [-0.1, -0.05) is 30.4 Å². The molecule has 2 rings (SSSR count). The lowest BCUT2D eigenvalue weighted by Crippen LogP contribution is -2.38. The number of hydrogen-bond acceptors (Lipinski definition) is 5. The Kier molecular flexibility index (Phi) is 7.28. The summed E-state index contributed by atoms with van der Waals surface area (Å²) in [6, 6.07) is 7.60. The minimum atomic E-state index is -0.311. The van der Waals surface area contributed by atoms with Crippen LogP contribution in [0.3, 0.4) is 0 Å². The van der Waals surface area contributed by atoms with Gasteiger partial charge in [-0.3, -0.25) is 4.90 Å². The summed E-state index contributed by atoms with van der Waals surface area (Å²) in [6.07, 6.45) is 3.88. The van der Waals surface area contributed by atoms with Crippen LogP contribution in [0.5, 0.6) is 5.75 Å². The molecule has 0 bridgehead atoms. The van der Waals surface area contributed by atoms with Gasteiger partial charge in [-0.15, -0.1) is 0 Å². The molecule has 6 heteroatoms. The van der Waals surface area contributed by atoms with E-state index in [1.54, 1.807) is 19.1 Å². The van der Waals surface area contributed by atoms with E-state index >= 15 is 0 Å². The smallest absolute Gasteiger partial charge is 0.410 e. The van der Waals surface area contributed by atoms with E-state index in [1.165, 1.54) is 0 Å². The fraction of sp³-hybridized carbons (Fsp3) is 0.526. The quantitative estimate of drug-likeness (QED) is 0.505. The number of nitrogens with zero attached hydrogens (tertiary/aromatic N) is 1. The Morgan fingerprint density at radius 2 is 2.08 bits per heavy atom. The van der Waals surface area contributed by atoms with Crippen LogP contribution in [0.4, 0.5) is 4.79 Å². The summed E-state index contributed by atoms with van der Waals surface area (Å²) < 4.78 is 21.5. The summed E-state index contributed by atoms with van der Waals surface area (Å²) in [4.78, 5) is 14.1. The molecule has 1 heterocycles. The van der Waals surface area contributed by atoms with Gasteiger partial charge < -0.3 is 18.9 Å². The zero-order chi connectivity index (χ0) is 18.2. The minimum Gasteiger partial charge on any atom is -0.496 e. The third-order valence-corrected chi connectivity index (χ3v) is 4.28. The lowest BCUT2D eigenvalue weighted by Gasteiger charge is -2.27. The molecule has 1 aliphatic heterocycles. The molecule has 138 valence electrons. The molecule has 25 heavy (non-hydrogen) atoms. The first-order chi connectivity index (χ1) is 12.1. The molecule has 1 aromatic rings. The highest BCUT2D eigenvalue weighted by atomic mass is 16.7. The number of hydrogen-bond donors (Lipinski definition) is 0. The SMILES string of the molecule is C/C=C/[C@@H](C[C@@H]1[C@H](C)OC(=O)N1Cc1ccccc1OC)OCOC. The molecule has 0 unspecified atom stereocenters. The number of methoxy groups -OCH3 is 2. The van der Waals surface area contributed by atoms with Crippen molar-refractivity contribution < 1.29 is 23.7 Å². The summed E-state index contributed by atoms with van der Waals surface area (Å²) in [5.74, 6) is 0.759. The number of ether oxygens (including phenoxy) is 4. The molecule has 0 saturated carbocycles. The molecule has 1 aliphatic rings. The number of benzene rings is 1. The van der Waals surface area contributed by atoms with Crippen LogP contribution < -0.4 is 4.74 Å². The topological polar surface area (TPSA) is 57.2 Å². The Morgan fingerprint density at radius 1 is 1.32 bits per heavy atom. The highest BCUT2D eigenvalue weighted by Crippen LogP contribution is 2.29. The van der Waals surface area contributed by atoms with Gasteiger partial charge in [0.25, 0.3) is 0 Å². The molecule has 1 saturated heterocycles. The fourth-order valence-electron chi connectivity index (χ4n) is 3.02. The standard InChI is InChI=1S/C19H27NO5/c1-5-8-16(24-13-22-3)11-17-14(2)25-19(21)20(17)12-15-9-6-7-10-18(15)23-4/h5-10,14,16-17H,11-13H2,1-4H3/b8-5+/t14-,16-,17+/m0/s1. The number of para-hydroxylation sites is 1. The summed E-state index contributed by atoms with van der Waals surface area (Å²) in [6.45, 7) is 4.49. The number of rotatable bonds is 9. The molecule has 1 fully saturated rings. The van der Waals surface area contributed by atoms with Crippen LogP contribution in [0, 0.1) is 0 Å². The van der Waals surface area contributed by atoms with Crippen molar-refractivity contribution in [1.29, 1.82) is 0 Å². The van der Waals surface area contributed by atoms with E-state index < -0.39 is 0 Å². The number of cyclic esters (lactones) is 1. The highest BCUT2D eigenvalue weighted by molar-refractivity contribution is 5.70. The molecule has 0 aliphatic carbocycles. The molecule has 1 amide bonds. The van der Waals surface area contributed by atoms with E-state index in [9.17, 15) is 4.79 Å². The third kappa shape index (κ3) is 4.96. The van der Waals surface area contributed by atoms with Crippen molar-refractivity contribution in [2.45, 2.75) is 45.1 Å². The zero-order valence-electron chi connectivity index (χ0n) is 15.3. The predicted octanol–water partition coefficient (Wildman–Crippen LogP) is 3.36. The largest absolute Gasteiger partial charge is 0.496 e. The second kappa shape index (κ2) is 9.44. The Morgan fingerprint density at radius 3 is 2.76 bits per heavy atom. The Balaban J connectivity index is 2.15. The van der Waals surface area contributed by atoms with Gasteiger partial charge in [-0.05, 0) is 19.9 Å². The summed E-state index contributed by atoms with van der Waals surface area (Å²) >= 11 is 0. The molecular weight excluding hydrogens is 322 g/mol. The Labute approximate surface area is 149 Å². The van der Waals surface area contributed by atoms with Gasteiger partial charge in [0.2, 0.25) is 0 Å². The van der Waals surface area contributed by atoms with Crippen molar-refractivity contribution in [2.75, 3.05) is 21.0 Å². The molecule has 1 aromatic carbocycles. The van der Waals surface area contributed by atoms with Crippen molar-refractivity contribution in [1.82, 2.24) is 4.90 Å². The molecule has 0 spiro atoms. The molecule has 0 aromatic heterocycles. The summed E-state index contributed by atoms with van der Waals surface area (Å²) in [5.41, 5.74) is 0.946. The van der Waals surface area contributed by atoms with E-state index in [2.05, 4.69) is 0 Å². The second-order valence-corrected chi connectivity index (χ2v) is 5.97. The van der Waals surface area contributed by atoms with Crippen molar-refractivity contribution in [3.05, 3.63) is 42.0 Å². The molecule has 0 radical (unpaired) electrons. The first-order valence-corrected chi connectivity index (χ1v) is 8.43. The van der Waals surface area contributed by atoms with Crippen molar-refractivity contribution in [3.63, 3.8) is 0 Å². The maximum absolute atomic E-state index is 12.3. The van der Waals surface area contributed by atoms with Crippen LogP contribution in [-0.2, 0) is 20.8 Å². The number of amides is 1. The van der Waals surface area contributed by atoms with E-state index in [4.69, 9.17) is 18.9 Å². The predicted molar refractivity (Wildman–Crippen MR) is 94.4 cm³/mol. The normalized spacial score (nSPS) is 21.6. The van der Waals surface area contributed by atoms with E-state index in [0.29, 0.717) is 13.0 Å². The minimum absolute atomic E-state index is 0.0875. The van der Waals surface area contributed by atoms with E-state index in [1.807, 2.05) is 50.3 Å². The lowest BCUT2D eigenvalue weighted by molar-refractivity contribution is -0.0634. The van der Waals surface area contributed by atoms with E-state index in [0.717, 1.165) is 11.3 Å². The van der Waals surface area contributed by atoms with Gasteiger partial charge in [-0.2, -0.15) is 0 Å². The van der Waals surface area contributed by atoms with Gasteiger partial charge >= 0.3 is 6.09 Å². The van der Waals surface area contributed by atoms with Crippen LogP contribution in [0.1, 0.15) is 25.8 Å². The van der Waals surface area contributed by atoms with Gasteiger partial charge in [-0.25, -0.2) is 4.79 Å². The second-order valence-electron chi connectivity index (χ2n) is 5.97. The van der Waals surface area contributed by atoms with Crippen molar-refractivity contribution in [3.8, 4) is 5.75 Å². The van der Waals surface area contributed by atoms with E-state index in [-0.39, 0.29) is 31.1 Å². The van der Waals surface area contributed by atoms with Crippen LogP contribution >= 0.6 is 0 Å². The first kappa shape index (κ1) is 19.3. The Hall–Kier alpha value is -2.05. The van der Waals surface area contributed by atoms with Gasteiger partial charge in [0, 0.05) is 19.1 Å². The van der Waals surface area contributed by atoms with Crippen molar-refractivity contribution in [2.24, 2.45) is 0 Å². The zero-order valence-corrected chi connectivity index (χ0v) is 15.3. The van der Waals surface area contributed by atoms with Crippen LogP contribution in [0.2, 0.25) is 0 Å². The lowest BCUT2D eigenvalue weighted by atomic mass is 10.0. The Bertz CT molecular complexity index is 589. The first-order valence-electron chi connectivity index (χ1n) is 8.43. The fourth-order valence-corrected chi connectivity index (χ4v) is 3.02. The van der Waals surface area contributed by atoms with Crippen LogP contribution in [0.15, 0.2) is 36.4 Å². The molecule has 6 nitrogen and oxygen atoms in total. The number of allylic oxidation sites excluding steroid dienone is 1. The summed E-state index contributed by atoms with van der Waals surface area (Å²) in [7, 11) is 3.22. The monoisotopic (exact) mass is 349 g/mol. The number of carbonyl (C=O) groups excluding carboxylic acids is 1. The summed E-state index contributed by atoms with van der Waals surface area (Å²) in [5, 5.41) is 0. The molecule has 0 N–H and O–H groups in total. The third-order valence-electron chi connectivity index (χ3n) is 4.28. The average molecular weight is 349 g/mol. The maximum Gasteiger partial charge on any atom is 0.410 e. The van der Waals surface area contributed by atoms with Crippen molar-refractivity contribution >= 4 is 6.09 Å². The molecular formula is C19H27NO5. The average Bonchev–Trinajstić information content (AvgIpc) is 2.87.